The summed E-state index contributed by atoms with van der Waals surface area (Å²) in [6, 6.07) is 5.40. The van der Waals surface area contributed by atoms with Crippen LogP contribution >= 0.6 is 0 Å². The van der Waals surface area contributed by atoms with Crippen molar-refractivity contribution in [2.75, 3.05) is 46.4 Å². The second-order valence-corrected chi connectivity index (χ2v) is 7.16. The second-order valence-electron chi connectivity index (χ2n) is 5.11. The minimum absolute atomic E-state index is 0.00289. The monoisotopic (exact) mass is 328 g/mol. The van der Waals surface area contributed by atoms with Gasteiger partial charge in [-0.1, -0.05) is 6.07 Å². The smallest absolute Gasteiger partial charge is 0.335 e. The van der Waals surface area contributed by atoms with Crippen LogP contribution in [0.2, 0.25) is 0 Å². The molecule has 1 aliphatic rings. The van der Waals surface area contributed by atoms with E-state index in [1.54, 1.807) is 0 Å². The molecule has 7 nitrogen and oxygen atoms in total. The number of hydrogen-bond acceptors (Lipinski definition) is 5. The third-order valence-electron chi connectivity index (χ3n) is 3.62. The number of morpholine rings is 1. The molecule has 0 unspecified atom stereocenters. The van der Waals surface area contributed by atoms with Crippen LogP contribution in [0.5, 0.6) is 0 Å². The first-order valence-corrected chi connectivity index (χ1v) is 8.45. The highest BCUT2D eigenvalue weighted by atomic mass is 32.2. The van der Waals surface area contributed by atoms with E-state index in [2.05, 4.69) is 4.90 Å². The Morgan fingerprint density at radius 3 is 2.68 bits per heavy atom. The first-order chi connectivity index (χ1) is 10.4. The van der Waals surface area contributed by atoms with E-state index < -0.39 is 16.0 Å². The molecule has 0 amide bonds. The number of benzene rings is 1. The van der Waals surface area contributed by atoms with Crippen LogP contribution in [-0.4, -0.2) is 75.1 Å². The van der Waals surface area contributed by atoms with Crippen molar-refractivity contribution in [2.24, 2.45) is 0 Å². The van der Waals surface area contributed by atoms with Gasteiger partial charge in [-0.3, -0.25) is 4.90 Å². The van der Waals surface area contributed by atoms with E-state index in [-0.39, 0.29) is 10.5 Å². The fraction of sp³-hybridized carbons (Fsp3) is 0.500. The largest absolute Gasteiger partial charge is 0.478 e. The van der Waals surface area contributed by atoms with Crippen LogP contribution in [-0.2, 0) is 14.8 Å². The summed E-state index contributed by atoms with van der Waals surface area (Å²) < 4.78 is 31.4. The molecule has 0 aliphatic carbocycles. The van der Waals surface area contributed by atoms with Crippen LogP contribution in [0.4, 0.5) is 0 Å². The first kappa shape index (κ1) is 16.9. The summed E-state index contributed by atoms with van der Waals surface area (Å²) in [7, 11) is -2.18. The van der Waals surface area contributed by atoms with Gasteiger partial charge in [-0.15, -0.1) is 0 Å². The minimum atomic E-state index is -3.68. The Morgan fingerprint density at radius 1 is 1.36 bits per heavy atom. The van der Waals surface area contributed by atoms with E-state index in [9.17, 15) is 13.2 Å². The molecule has 8 heteroatoms. The van der Waals surface area contributed by atoms with Gasteiger partial charge in [0, 0.05) is 33.2 Å². The summed E-state index contributed by atoms with van der Waals surface area (Å²) in [5.74, 6) is -1.15. The molecule has 0 aromatic heterocycles. The molecule has 1 aromatic rings. The van der Waals surface area contributed by atoms with Gasteiger partial charge in [0.1, 0.15) is 0 Å². The van der Waals surface area contributed by atoms with Crippen molar-refractivity contribution >= 4 is 16.0 Å². The van der Waals surface area contributed by atoms with Gasteiger partial charge in [-0.2, -0.15) is 4.31 Å². The lowest BCUT2D eigenvalue weighted by Crippen LogP contribution is -2.41. The van der Waals surface area contributed by atoms with Gasteiger partial charge < -0.3 is 9.84 Å². The minimum Gasteiger partial charge on any atom is -0.478 e. The van der Waals surface area contributed by atoms with Crippen molar-refractivity contribution in [1.82, 2.24) is 9.21 Å². The SMILES string of the molecule is CN(CCN1CCOCC1)S(=O)(=O)c1cccc(C(=O)O)c1. The summed E-state index contributed by atoms with van der Waals surface area (Å²) in [6.07, 6.45) is 0. The van der Waals surface area contributed by atoms with Crippen molar-refractivity contribution in [2.45, 2.75) is 4.90 Å². The molecular weight excluding hydrogens is 308 g/mol. The third kappa shape index (κ3) is 4.04. The average molecular weight is 328 g/mol. The number of carboxylic acid groups (broad SMARTS) is 1. The first-order valence-electron chi connectivity index (χ1n) is 7.01. The normalized spacial score (nSPS) is 16.8. The Morgan fingerprint density at radius 2 is 2.05 bits per heavy atom. The molecule has 22 heavy (non-hydrogen) atoms. The Labute approximate surface area is 130 Å². The van der Waals surface area contributed by atoms with Crippen LogP contribution in [0.3, 0.4) is 0 Å². The number of ether oxygens (including phenoxy) is 1. The lowest BCUT2D eigenvalue weighted by molar-refractivity contribution is 0.0368. The molecule has 1 aromatic carbocycles. The van der Waals surface area contributed by atoms with E-state index in [4.69, 9.17) is 9.84 Å². The molecule has 0 spiro atoms. The van der Waals surface area contributed by atoms with Crippen LogP contribution in [0.15, 0.2) is 29.2 Å². The van der Waals surface area contributed by atoms with Crippen molar-refractivity contribution in [3.05, 3.63) is 29.8 Å². The molecule has 0 radical (unpaired) electrons. The average Bonchev–Trinajstić information content (AvgIpc) is 2.53. The van der Waals surface area contributed by atoms with Gasteiger partial charge >= 0.3 is 5.97 Å². The van der Waals surface area contributed by atoms with E-state index in [0.717, 1.165) is 13.1 Å². The van der Waals surface area contributed by atoms with Crippen molar-refractivity contribution < 1.29 is 23.1 Å². The maximum atomic E-state index is 12.5. The molecule has 1 N–H and O–H groups in total. The van der Waals surface area contributed by atoms with Gasteiger partial charge in [0.15, 0.2) is 0 Å². The fourth-order valence-corrected chi connectivity index (χ4v) is 3.41. The van der Waals surface area contributed by atoms with E-state index >= 15 is 0 Å². The zero-order valence-electron chi connectivity index (χ0n) is 12.4. The zero-order valence-corrected chi connectivity index (χ0v) is 13.3. The highest BCUT2D eigenvalue weighted by Gasteiger charge is 2.22. The lowest BCUT2D eigenvalue weighted by atomic mass is 10.2. The summed E-state index contributed by atoms with van der Waals surface area (Å²) in [4.78, 5) is 13.1. The Bertz CT molecular complexity index is 626. The second kappa shape index (κ2) is 7.19. The number of hydrogen-bond donors (Lipinski definition) is 1. The van der Waals surface area contributed by atoms with Gasteiger partial charge in [-0.05, 0) is 18.2 Å². The molecule has 0 atom stereocenters. The summed E-state index contributed by atoms with van der Waals surface area (Å²) in [5, 5.41) is 8.96. The zero-order chi connectivity index (χ0) is 16.2. The molecular formula is C14H20N2O5S. The maximum absolute atomic E-state index is 12.5. The van der Waals surface area contributed by atoms with Crippen LogP contribution in [0, 0.1) is 0 Å². The predicted octanol–water partition coefficient (Wildman–Crippen LogP) is 0.338. The number of rotatable bonds is 6. The molecule has 1 saturated heterocycles. The summed E-state index contributed by atoms with van der Waals surface area (Å²) >= 11 is 0. The van der Waals surface area contributed by atoms with Crippen molar-refractivity contribution in [3.8, 4) is 0 Å². The summed E-state index contributed by atoms with van der Waals surface area (Å²) in [5.41, 5.74) is -0.0392. The van der Waals surface area contributed by atoms with Gasteiger partial charge in [0.2, 0.25) is 10.0 Å². The molecule has 0 saturated carbocycles. The van der Waals surface area contributed by atoms with Gasteiger partial charge in [0.25, 0.3) is 0 Å². The van der Waals surface area contributed by atoms with Crippen molar-refractivity contribution in [3.63, 3.8) is 0 Å². The van der Waals surface area contributed by atoms with E-state index in [1.165, 1.54) is 35.6 Å². The Kier molecular flexibility index (Phi) is 5.52. The van der Waals surface area contributed by atoms with Gasteiger partial charge in [-0.25, -0.2) is 13.2 Å². The topological polar surface area (TPSA) is 87.2 Å². The lowest BCUT2D eigenvalue weighted by Gasteiger charge is -2.28. The molecule has 2 rings (SSSR count). The Balaban J connectivity index is 2.05. The highest BCUT2D eigenvalue weighted by molar-refractivity contribution is 7.89. The number of aromatic carboxylic acids is 1. The predicted molar refractivity (Wildman–Crippen MR) is 80.5 cm³/mol. The van der Waals surface area contributed by atoms with E-state index in [0.29, 0.717) is 26.3 Å². The fourth-order valence-electron chi connectivity index (χ4n) is 2.20. The van der Waals surface area contributed by atoms with Crippen molar-refractivity contribution in [1.29, 1.82) is 0 Å². The number of likely N-dealkylation sites (N-methyl/N-ethyl adjacent to an activating group) is 1. The molecule has 1 heterocycles. The number of carbonyl (C=O) groups is 1. The van der Waals surface area contributed by atoms with E-state index in [1.807, 2.05) is 0 Å². The molecule has 1 aliphatic heterocycles. The van der Waals surface area contributed by atoms with Crippen LogP contribution in [0.1, 0.15) is 10.4 Å². The van der Waals surface area contributed by atoms with Gasteiger partial charge in [0.05, 0.1) is 23.7 Å². The molecule has 0 bridgehead atoms. The summed E-state index contributed by atoms with van der Waals surface area (Å²) in [6.45, 7) is 3.89. The Hall–Kier alpha value is -1.48. The highest BCUT2D eigenvalue weighted by Crippen LogP contribution is 2.16. The third-order valence-corrected chi connectivity index (χ3v) is 5.48. The quantitative estimate of drug-likeness (QED) is 0.810. The maximum Gasteiger partial charge on any atom is 0.335 e. The number of nitrogens with zero attached hydrogens (tertiary/aromatic N) is 2. The molecule has 1 fully saturated rings. The number of sulfonamides is 1. The standard InChI is InChI=1S/C14H20N2O5S/c1-15(5-6-16-7-9-21-10-8-16)22(19,20)13-4-2-3-12(11-13)14(17)18/h2-4,11H,5-10H2,1H3,(H,17,18). The number of carboxylic acids is 1. The van der Waals surface area contributed by atoms with Crippen LogP contribution in [0.25, 0.3) is 0 Å². The molecule has 122 valence electrons. The van der Waals surface area contributed by atoms with Crippen LogP contribution < -0.4 is 0 Å².